The Bertz CT molecular complexity index is 830. The number of carbonyl (C=O) groups excluding carboxylic acids is 2. The van der Waals surface area contributed by atoms with Gasteiger partial charge in [0.2, 0.25) is 5.91 Å². The molecule has 1 aliphatic heterocycles. The maximum Gasteiger partial charge on any atom is 0.255 e. The fourth-order valence-corrected chi connectivity index (χ4v) is 3.12. The number of benzene rings is 2. The molecule has 8 heteroatoms. The van der Waals surface area contributed by atoms with Crippen molar-refractivity contribution in [3.8, 4) is 0 Å². The topological polar surface area (TPSA) is 93.5 Å². The van der Waals surface area contributed by atoms with Gasteiger partial charge in [0.1, 0.15) is 11.9 Å². The van der Waals surface area contributed by atoms with E-state index in [2.05, 4.69) is 10.6 Å². The summed E-state index contributed by atoms with van der Waals surface area (Å²) >= 11 is 0. The highest BCUT2D eigenvalue weighted by Gasteiger charge is 2.30. The zero-order valence-corrected chi connectivity index (χ0v) is 16.9. The van der Waals surface area contributed by atoms with Crippen LogP contribution in [0, 0.1) is 5.82 Å². The van der Waals surface area contributed by atoms with Crippen molar-refractivity contribution in [2.24, 2.45) is 5.73 Å². The van der Waals surface area contributed by atoms with Crippen LogP contribution < -0.4 is 16.4 Å². The maximum atomic E-state index is 12.9. The van der Waals surface area contributed by atoms with Crippen LogP contribution in [-0.4, -0.2) is 30.6 Å². The number of hydrogen-bond donors (Lipinski definition) is 3. The van der Waals surface area contributed by atoms with E-state index in [4.69, 9.17) is 10.5 Å². The Balaban J connectivity index is 0.00000300. The minimum Gasteiger partial charge on any atom is -0.364 e. The normalized spacial score (nSPS) is 19.1. The van der Waals surface area contributed by atoms with E-state index < -0.39 is 11.9 Å². The lowest BCUT2D eigenvalue weighted by Crippen LogP contribution is -2.37. The molecule has 6 nitrogen and oxygen atoms in total. The summed E-state index contributed by atoms with van der Waals surface area (Å²) in [5.41, 5.74) is 7.47. The summed E-state index contributed by atoms with van der Waals surface area (Å²) in [6, 6.07) is 12.3. The van der Waals surface area contributed by atoms with E-state index in [0.717, 1.165) is 12.0 Å². The van der Waals surface area contributed by atoms with Crippen molar-refractivity contribution < 1.29 is 18.7 Å². The maximum absolute atomic E-state index is 12.9. The first-order valence-electron chi connectivity index (χ1n) is 9.29. The van der Waals surface area contributed by atoms with Gasteiger partial charge in [0.05, 0.1) is 12.1 Å². The highest BCUT2D eigenvalue weighted by Crippen LogP contribution is 2.21. The Kier molecular flexibility index (Phi) is 8.13. The number of hydrogen-bond acceptors (Lipinski definition) is 4. The van der Waals surface area contributed by atoms with Gasteiger partial charge >= 0.3 is 0 Å². The Hall–Kier alpha value is -2.48. The van der Waals surface area contributed by atoms with Crippen LogP contribution >= 0.6 is 12.4 Å². The van der Waals surface area contributed by atoms with Crippen molar-refractivity contribution in [2.45, 2.75) is 38.0 Å². The van der Waals surface area contributed by atoms with Crippen LogP contribution in [0.4, 0.5) is 10.1 Å². The van der Waals surface area contributed by atoms with Gasteiger partial charge in [-0.3, -0.25) is 9.59 Å². The average Bonchev–Trinajstić information content (AvgIpc) is 3.18. The molecule has 1 unspecified atom stereocenters. The summed E-state index contributed by atoms with van der Waals surface area (Å²) in [5.74, 6) is -0.849. The Morgan fingerprint density at radius 1 is 1.14 bits per heavy atom. The van der Waals surface area contributed by atoms with Crippen LogP contribution in [-0.2, 0) is 9.53 Å². The van der Waals surface area contributed by atoms with Gasteiger partial charge in [-0.1, -0.05) is 12.1 Å². The molecular weight excluding hydrogens is 397 g/mol. The molecule has 0 saturated carbocycles. The predicted octanol–water partition coefficient (Wildman–Crippen LogP) is 3.18. The van der Waals surface area contributed by atoms with E-state index in [1.807, 2.05) is 19.1 Å². The molecule has 2 amide bonds. The van der Waals surface area contributed by atoms with Gasteiger partial charge in [0.25, 0.3) is 5.91 Å². The second kappa shape index (κ2) is 10.3. The first kappa shape index (κ1) is 22.8. The zero-order chi connectivity index (χ0) is 20.1. The van der Waals surface area contributed by atoms with Crippen LogP contribution in [0.25, 0.3) is 0 Å². The number of halogens is 2. The van der Waals surface area contributed by atoms with Crippen molar-refractivity contribution in [3.63, 3.8) is 0 Å². The van der Waals surface area contributed by atoms with E-state index >= 15 is 0 Å². The third kappa shape index (κ3) is 6.00. The molecule has 0 radical (unpaired) electrons. The third-order valence-electron chi connectivity index (χ3n) is 4.80. The summed E-state index contributed by atoms with van der Waals surface area (Å²) in [7, 11) is 0. The lowest BCUT2D eigenvalue weighted by Gasteiger charge is -2.18. The quantitative estimate of drug-likeness (QED) is 0.667. The Labute approximate surface area is 175 Å². The van der Waals surface area contributed by atoms with E-state index in [9.17, 15) is 14.0 Å². The summed E-state index contributed by atoms with van der Waals surface area (Å²) in [5, 5.41) is 5.71. The van der Waals surface area contributed by atoms with Gasteiger partial charge in [-0.05, 0) is 61.7 Å². The first-order valence-corrected chi connectivity index (χ1v) is 9.29. The smallest absolute Gasteiger partial charge is 0.255 e. The molecule has 29 heavy (non-hydrogen) atoms. The Morgan fingerprint density at radius 3 is 2.38 bits per heavy atom. The van der Waals surface area contributed by atoms with Crippen LogP contribution in [0.5, 0.6) is 0 Å². The lowest BCUT2D eigenvalue weighted by molar-refractivity contribution is -0.132. The van der Waals surface area contributed by atoms with Gasteiger partial charge in [0.15, 0.2) is 0 Å². The van der Waals surface area contributed by atoms with E-state index in [1.165, 1.54) is 24.3 Å². The van der Waals surface area contributed by atoms with Crippen LogP contribution in [0.3, 0.4) is 0 Å². The minimum atomic E-state index is -0.453. The van der Waals surface area contributed by atoms with Crippen LogP contribution in [0.2, 0.25) is 0 Å². The van der Waals surface area contributed by atoms with E-state index in [0.29, 0.717) is 24.2 Å². The molecule has 0 aromatic heterocycles. The van der Waals surface area contributed by atoms with Gasteiger partial charge in [-0.15, -0.1) is 12.4 Å². The molecule has 156 valence electrons. The van der Waals surface area contributed by atoms with E-state index in [1.54, 1.807) is 12.1 Å². The molecule has 1 heterocycles. The minimum absolute atomic E-state index is 0. The second-order valence-corrected chi connectivity index (χ2v) is 6.87. The van der Waals surface area contributed by atoms with Crippen molar-refractivity contribution in [1.82, 2.24) is 5.32 Å². The van der Waals surface area contributed by atoms with Gasteiger partial charge in [-0.25, -0.2) is 4.39 Å². The monoisotopic (exact) mass is 421 g/mol. The fraction of sp³-hybridized carbons (Fsp3) is 0.333. The number of carbonyl (C=O) groups is 2. The van der Waals surface area contributed by atoms with Crippen molar-refractivity contribution >= 4 is 29.9 Å². The van der Waals surface area contributed by atoms with E-state index in [-0.39, 0.29) is 36.4 Å². The second-order valence-electron chi connectivity index (χ2n) is 6.87. The fourth-order valence-electron chi connectivity index (χ4n) is 3.12. The first-order chi connectivity index (χ1) is 13.5. The number of anilines is 1. The molecule has 1 saturated heterocycles. The summed E-state index contributed by atoms with van der Waals surface area (Å²) in [6.07, 6.45) is 0.973. The molecule has 0 aliphatic carbocycles. The molecule has 2 aromatic carbocycles. The predicted molar refractivity (Wildman–Crippen MR) is 112 cm³/mol. The highest BCUT2D eigenvalue weighted by molar-refractivity contribution is 6.04. The van der Waals surface area contributed by atoms with Gasteiger partial charge in [-0.2, -0.15) is 0 Å². The summed E-state index contributed by atoms with van der Waals surface area (Å²) < 4.78 is 18.6. The number of nitrogens with one attached hydrogen (secondary N) is 2. The third-order valence-corrected chi connectivity index (χ3v) is 4.80. The Morgan fingerprint density at radius 2 is 1.79 bits per heavy atom. The number of nitrogens with two attached hydrogens (primary N) is 1. The van der Waals surface area contributed by atoms with Crippen molar-refractivity contribution in [3.05, 3.63) is 65.5 Å². The lowest BCUT2D eigenvalue weighted by atomic mass is 10.1. The summed E-state index contributed by atoms with van der Waals surface area (Å²) in [4.78, 5) is 24.5. The van der Waals surface area contributed by atoms with Crippen molar-refractivity contribution in [2.75, 3.05) is 11.9 Å². The standard InChI is InChI=1S/C21H24FN3O3.ClH/c1-13(24-21(27)19-11-10-18(12-23)28-19)14-4-8-17(9-5-14)25-20(26)15-2-6-16(22)7-3-15;/h2-9,13,18-19H,10-12,23H2,1H3,(H,24,27)(H,25,26);1H/t13?,18-,19+;/m1./s1. The molecule has 3 rings (SSSR count). The van der Waals surface area contributed by atoms with Crippen molar-refractivity contribution in [1.29, 1.82) is 0 Å². The molecule has 1 aliphatic rings. The molecule has 0 bridgehead atoms. The number of rotatable bonds is 6. The number of amides is 2. The molecule has 1 fully saturated rings. The number of ether oxygens (including phenoxy) is 1. The molecule has 0 spiro atoms. The molecule has 3 atom stereocenters. The SMILES string of the molecule is CC(NC(=O)[C@@H]1CC[C@H](CN)O1)c1ccc(NC(=O)c2ccc(F)cc2)cc1.Cl. The van der Waals surface area contributed by atoms with Gasteiger partial charge < -0.3 is 21.1 Å². The average molecular weight is 422 g/mol. The van der Waals surface area contributed by atoms with Gasteiger partial charge in [0, 0.05) is 17.8 Å². The largest absolute Gasteiger partial charge is 0.364 e. The zero-order valence-electron chi connectivity index (χ0n) is 16.1. The van der Waals surface area contributed by atoms with Crippen LogP contribution in [0.15, 0.2) is 48.5 Å². The molecule has 4 N–H and O–H groups in total. The molecule has 2 aromatic rings. The molecular formula is C21H25ClFN3O3. The summed E-state index contributed by atoms with van der Waals surface area (Å²) in [6.45, 7) is 2.31. The van der Waals surface area contributed by atoms with Crippen LogP contribution in [0.1, 0.15) is 41.7 Å². The highest BCUT2D eigenvalue weighted by atomic mass is 35.5.